The standard InChI is InChI=1S/C18H25NO3.C2H6/c1-17(2,3)22-16(21)19-12-9-18(10-13-19,11-14-20)15-7-5-4-6-8-15;1-2/h4-8,14H,9-13H2,1-3H3;1-2H3. The second-order valence-corrected chi connectivity index (χ2v) is 6.98. The van der Waals surface area contributed by atoms with Gasteiger partial charge in [-0.25, -0.2) is 4.79 Å². The highest BCUT2D eigenvalue weighted by molar-refractivity contribution is 5.68. The third-order valence-electron chi connectivity index (χ3n) is 4.23. The molecular weight excluding hydrogens is 302 g/mol. The fraction of sp³-hybridized carbons (Fsp3) is 0.600. The van der Waals surface area contributed by atoms with Crippen molar-refractivity contribution in [2.45, 2.75) is 64.9 Å². The molecule has 1 heterocycles. The zero-order valence-electron chi connectivity index (χ0n) is 15.7. The van der Waals surface area contributed by atoms with Gasteiger partial charge in [0.2, 0.25) is 0 Å². The van der Waals surface area contributed by atoms with Gasteiger partial charge in [-0.15, -0.1) is 0 Å². The molecule has 0 aromatic heterocycles. The van der Waals surface area contributed by atoms with Crippen LogP contribution in [0.3, 0.4) is 0 Å². The molecule has 0 atom stereocenters. The normalized spacial score (nSPS) is 16.6. The summed E-state index contributed by atoms with van der Waals surface area (Å²) in [4.78, 5) is 25.0. The third kappa shape index (κ3) is 5.36. The number of aldehydes is 1. The summed E-state index contributed by atoms with van der Waals surface area (Å²) in [5.74, 6) is 0. The highest BCUT2D eigenvalue weighted by Crippen LogP contribution is 2.38. The minimum Gasteiger partial charge on any atom is -0.444 e. The molecule has 1 aromatic rings. The van der Waals surface area contributed by atoms with E-state index in [0.29, 0.717) is 19.5 Å². The molecule has 1 aliphatic rings. The van der Waals surface area contributed by atoms with Crippen molar-refractivity contribution < 1.29 is 14.3 Å². The second kappa shape index (κ2) is 8.86. The molecule has 0 spiro atoms. The van der Waals surface area contributed by atoms with E-state index in [0.717, 1.165) is 19.1 Å². The smallest absolute Gasteiger partial charge is 0.410 e. The van der Waals surface area contributed by atoms with Crippen LogP contribution in [0.5, 0.6) is 0 Å². The van der Waals surface area contributed by atoms with Gasteiger partial charge < -0.3 is 14.4 Å². The quantitative estimate of drug-likeness (QED) is 0.761. The van der Waals surface area contributed by atoms with E-state index in [1.165, 1.54) is 5.56 Å². The number of hydrogen-bond donors (Lipinski definition) is 0. The van der Waals surface area contributed by atoms with Crippen molar-refractivity contribution in [2.75, 3.05) is 13.1 Å². The molecule has 1 saturated heterocycles. The number of rotatable bonds is 3. The van der Waals surface area contributed by atoms with Crippen LogP contribution < -0.4 is 0 Å². The molecule has 1 amide bonds. The maximum Gasteiger partial charge on any atom is 0.410 e. The summed E-state index contributed by atoms with van der Waals surface area (Å²) in [6.07, 6.45) is 2.81. The number of benzene rings is 1. The molecule has 0 radical (unpaired) electrons. The number of ether oxygens (including phenoxy) is 1. The van der Waals surface area contributed by atoms with Crippen LogP contribution in [-0.4, -0.2) is 36.0 Å². The van der Waals surface area contributed by atoms with Gasteiger partial charge in [-0.2, -0.15) is 0 Å². The van der Waals surface area contributed by atoms with Gasteiger partial charge in [0.15, 0.2) is 0 Å². The summed E-state index contributed by atoms with van der Waals surface area (Å²) < 4.78 is 5.43. The fourth-order valence-electron chi connectivity index (χ4n) is 3.01. The first-order valence-electron chi connectivity index (χ1n) is 8.83. The van der Waals surface area contributed by atoms with Crippen LogP contribution in [-0.2, 0) is 14.9 Å². The molecule has 0 bridgehead atoms. The second-order valence-electron chi connectivity index (χ2n) is 6.98. The first-order valence-corrected chi connectivity index (χ1v) is 8.83. The van der Waals surface area contributed by atoms with E-state index >= 15 is 0 Å². The number of nitrogens with zero attached hydrogens (tertiary/aromatic N) is 1. The number of likely N-dealkylation sites (tertiary alicyclic amines) is 1. The summed E-state index contributed by atoms with van der Waals surface area (Å²) in [6, 6.07) is 10.1. The van der Waals surface area contributed by atoms with Crippen LogP contribution in [0.4, 0.5) is 4.79 Å². The third-order valence-corrected chi connectivity index (χ3v) is 4.23. The monoisotopic (exact) mass is 333 g/mol. The lowest BCUT2D eigenvalue weighted by atomic mass is 9.71. The van der Waals surface area contributed by atoms with E-state index in [1.807, 2.05) is 52.8 Å². The minimum atomic E-state index is -0.478. The van der Waals surface area contributed by atoms with E-state index in [9.17, 15) is 9.59 Å². The van der Waals surface area contributed by atoms with E-state index in [-0.39, 0.29) is 11.5 Å². The number of piperidine rings is 1. The molecule has 4 heteroatoms. The first kappa shape index (κ1) is 20.2. The Morgan fingerprint density at radius 3 is 2.17 bits per heavy atom. The fourth-order valence-corrected chi connectivity index (χ4v) is 3.01. The Bertz CT molecular complexity index is 511. The largest absolute Gasteiger partial charge is 0.444 e. The topological polar surface area (TPSA) is 46.6 Å². The van der Waals surface area contributed by atoms with Crippen LogP contribution >= 0.6 is 0 Å². The lowest BCUT2D eigenvalue weighted by molar-refractivity contribution is -0.109. The highest BCUT2D eigenvalue weighted by Gasteiger charge is 2.38. The van der Waals surface area contributed by atoms with Gasteiger partial charge in [0.1, 0.15) is 11.9 Å². The summed E-state index contributed by atoms with van der Waals surface area (Å²) in [6.45, 7) is 10.9. The van der Waals surface area contributed by atoms with Crippen molar-refractivity contribution >= 4 is 12.4 Å². The molecule has 24 heavy (non-hydrogen) atoms. The molecule has 4 nitrogen and oxygen atoms in total. The van der Waals surface area contributed by atoms with E-state index in [2.05, 4.69) is 12.1 Å². The van der Waals surface area contributed by atoms with Crippen molar-refractivity contribution in [1.29, 1.82) is 0 Å². The lowest BCUT2D eigenvalue weighted by Gasteiger charge is -2.41. The average molecular weight is 333 g/mol. The molecule has 134 valence electrons. The number of carbonyl (C=O) groups excluding carboxylic acids is 2. The zero-order valence-corrected chi connectivity index (χ0v) is 15.7. The molecule has 1 aliphatic heterocycles. The Kier molecular flexibility index (Phi) is 7.46. The predicted molar refractivity (Wildman–Crippen MR) is 97.2 cm³/mol. The molecule has 2 rings (SSSR count). The van der Waals surface area contributed by atoms with Crippen molar-refractivity contribution in [3.63, 3.8) is 0 Å². The van der Waals surface area contributed by atoms with Crippen molar-refractivity contribution in [3.8, 4) is 0 Å². The number of hydrogen-bond acceptors (Lipinski definition) is 3. The molecule has 1 fully saturated rings. The number of amides is 1. The minimum absolute atomic E-state index is 0.151. The Morgan fingerprint density at radius 1 is 1.17 bits per heavy atom. The van der Waals surface area contributed by atoms with Crippen LogP contribution in [0.15, 0.2) is 30.3 Å². The van der Waals surface area contributed by atoms with Crippen LogP contribution in [0.1, 0.15) is 59.4 Å². The molecule has 0 aliphatic carbocycles. The van der Waals surface area contributed by atoms with Gasteiger partial charge in [-0.3, -0.25) is 0 Å². The maximum absolute atomic E-state index is 12.2. The summed E-state index contributed by atoms with van der Waals surface area (Å²) in [7, 11) is 0. The highest BCUT2D eigenvalue weighted by atomic mass is 16.6. The van der Waals surface area contributed by atoms with Gasteiger partial charge in [-0.05, 0) is 39.2 Å². The predicted octanol–water partition coefficient (Wildman–Crippen LogP) is 4.57. The van der Waals surface area contributed by atoms with Crippen molar-refractivity contribution in [1.82, 2.24) is 4.90 Å². The average Bonchev–Trinajstić information content (AvgIpc) is 2.57. The van der Waals surface area contributed by atoms with Crippen molar-refractivity contribution in [2.24, 2.45) is 0 Å². The molecule has 1 aromatic carbocycles. The van der Waals surface area contributed by atoms with E-state index in [4.69, 9.17) is 4.74 Å². The summed E-state index contributed by atoms with van der Waals surface area (Å²) in [5.41, 5.74) is 0.556. The first-order chi connectivity index (χ1) is 11.4. The van der Waals surface area contributed by atoms with Gasteiger partial charge >= 0.3 is 6.09 Å². The lowest BCUT2D eigenvalue weighted by Crippen LogP contribution is -2.47. The van der Waals surface area contributed by atoms with Gasteiger partial charge in [0.05, 0.1) is 0 Å². The Balaban J connectivity index is 0.00000139. The van der Waals surface area contributed by atoms with Crippen LogP contribution in [0.2, 0.25) is 0 Å². The van der Waals surface area contributed by atoms with Gasteiger partial charge in [0, 0.05) is 24.9 Å². The zero-order chi connectivity index (χ0) is 18.2. The maximum atomic E-state index is 12.2. The molecular formula is C20H31NO3. The van der Waals surface area contributed by atoms with E-state index < -0.39 is 5.60 Å². The molecule has 0 N–H and O–H groups in total. The van der Waals surface area contributed by atoms with Gasteiger partial charge in [0.25, 0.3) is 0 Å². The van der Waals surface area contributed by atoms with E-state index in [1.54, 1.807) is 4.90 Å². The molecule has 0 saturated carbocycles. The van der Waals surface area contributed by atoms with Crippen LogP contribution in [0.25, 0.3) is 0 Å². The number of carbonyl (C=O) groups is 2. The SMILES string of the molecule is CC.CC(C)(C)OC(=O)N1CCC(CC=O)(c2ccccc2)CC1. The van der Waals surface area contributed by atoms with Crippen LogP contribution in [0, 0.1) is 0 Å². The Hall–Kier alpha value is -1.84. The summed E-state index contributed by atoms with van der Waals surface area (Å²) >= 11 is 0. The Morgan fingerprint density at radius 2 is 1.71 bits per heavy atom. The summed E-state index contributed by atoms with van der Waals surface area (Å²) in [5, 5.41) is 0. The van der Waals surface area contributed by atoms with Crippen molar-refractivity contribution in [3.05, 3.63) is 35.9 Å². The van der Waals surface area contributed by atoms with Gasteiger partial charge in [-0.1, -0.05) is 44.2 Å². The molecule has 0 unspecified atom stereocenters. The Labute approximate surface area is 146 Å².